The summed E-state index contributed by atoms with van der Waals surface area (Å²) in [5, 5.41) is 21.8. The van der Waals surface area contributed by atoms with Crippen molar-refractivity contribution in [3.05, 3.63) is 151 Å². The van der Waals surface area contributed by atoms with E-state index in [9.17, 15) is 29.8 Å². The number of aldehydes is 2. The van der Waals surface area contributed by atoms with E-state index in [-0.39, 0.29) is 35.7 Å². The first-order valence-corrected chi connectivity index (χ1v) is 12.6. The molecule has 4 aromatic carbocycles. The molecule has 42 heavy (non-hydrogen) atoms. The number of allylic oxidation sites excluding steroid dienone is 2. The van der Waals surface area contributed by atoms with Crippen LogP contribution in [0.15, 0.2) is 108 Å². The lowest BCUT2D eigenvalue weighted by Crippen LogP contribution is -2.00. The van der Waals surface area contributed by atoms with Gasteiger partial charge in [-0.3, -0.25) is 29.8 Å². The fourth-order valence-corrected chi connectivity index (χ4v) is 3.92. The first-order chi connectivity index (χ1) is 20.4. The number of nitro benzene ring substituents is 2. The standard InChI is InChI=1S/C32H24N2O8/c35-19-27(17-25-5-1-3-7-31(25)41-21-23-9-13-29(14-10-23)33(37)38)28(20-36)18-26-6-2-4-8-32(26)42-22-24-11-15-30(16-12-24)34(39)40/h1-20H,21-22H2/b27-17+,28-18+. The Labute approximate surface area is 240 Å². The maximum Gasteiger partial charge on any atom is 0.269 e. The van der Waals surface area contributed by atoms with Gasteiger partial charge in [0.05, 0.1) is 9.85 Å². The van der Waals surface area contributed by atoms with Crippen LogP contribution in [0.25, 0.3) is 12.2 Å². The SMILES string of the molecule is O=CC(=C\c1ccccc1OCc1ccc([N+](=O)[O-])cc1)/C(C=O)=C/c1ccccc1OCc1ccc([N+](=O)[O-])cc1. The highest BCUT2D eigenvalue weighted by molar-refractivity contribution is 6.03. The van der Waals surface area contributed by atoms with Gasteiger partial charge in [-0.25, -0.2) is 0 Å². The molecule has 10 nitrogen and oxygen atoms in total. The molecule has 0 atom stereocenters. The van der Waals surface area contributed by atoms with Gasteiger partial charge in [0.25, 0.3) is 11.4 Å². The largest absolute Gasteiger partial charge is 0.488 e. The molecule has 0 aliphatic carbocycles. The Bertz CT molecular complexity index is 1530. The molecule has 0 fully saturated rings. The highest BCUT2D eigenvalue weighted by Gasteiger charge is 2.11. The average molecular weight is 565 g/mol. The second-order valence-electron chi connectivity index (χ2n) is 8.94. The van der Waals surface area contributed by atoms with Gasteiger partial charge in [-0.05, 0) is 59.7 Å². The van der Waals surface area contributed by atoms with Crippen LogP contribution < -0.4 is 9.47 Å². The lowest BCUT2D eigenvalue weighted by atomic mass is 10.0. The first kappa shape index (κ1) is 29.1. The number of ether oxygens (including phenoxy) is 2. The van der Waals surface area contributed by atoms with E-state index in [0.29, 0.717) is 46.3 Å². The van der Waals surface area contributed by atoms with E-state index in [0.717, 1.165) is 0 Å². The smallest absolute Gasteiger partial charge is 0.269 e. The van der Waals surface area contributed by atoms with Crippen molar-refractivity contribution < 1.29 is 28.9 Å². The quantitative estimate of drug-likeness (QED) is 0.0587. The normalized spacial score (nSPS) is 11.4. The highest BCUT2D eigenvalue weighted by atomic mass is 16.6. The lowest BCUT2D eigenvalue weighted by molar-refractivity contribution is -0.385. The van der Waals surface area contributed by atoms with Gasteiger partial charge in [-0.15, -0.1) is 0 Å². The van der Waals surface area contributed by atoms with Crippen LogP contribution in [-0.2, 0) is 22.8 Å². The van der Waals surface area contributed by atoms with Gasteiger partial charge in [-0.2, -0.15) is 0 Å². The number of carbonyl (C=O) groups excluding carboxylic acids is 2. The molecule has 210 valence electrons. The molecule has 0 unspecified atom stereocenters. The van der Waals surface area contributed by atoms with Crippen LogP contribution in [0.5, 0.6) is 11.5 Å². The first-order valence-electron chi connectivity index (χ1n) is 12.6. The number of rotatable bonds is 13. The number of nitrogens with zero attached hydrogens (tertiary/aromatic N) is 2. The van der Waals surface area contributed by atoms with Gasteiger partial charge in [0.1, 0.15) is 24.7 Å². The van der Waals surface area contributed by atoms with Crippen LogP contribution in [0.4, 0.5) is 11.4 Å². The van der Waals surface area contributed by atoms with Crippen LogP contribution in [0.3, 0.4) is 0 Å². The monoisotopic (exact) mass is 564 g/mol. The Morgan fingerprint density at radius 1 is 0.571 bits per heavy atom. The third-order valence-electron chi connectivity index (χ3n) is 6.13. The lowest BCUT2D eigenvalue weighted by Gasteiger charge is -2.11. The average Bonchev–Trinajstić information content (AvgIpc) is 3.02. The van der Waals surface area contributed by atoms with Crippen molar-refractivity contribution in [1.82, 2.24) is 0 Å². The third-order valence-corrected chi connectivity index (χ3v) is 6.13. The third kappa shape index (κ3) is 7.60. The Kier molecular flexibility index (Phi) is 9.66. The molecule has 0 heterocycles. The van der Waals surface area contributed by atoms with Gasteiger partial charge in [0.15, 0.2) is 12.6 Å². The molecule has 0 spiro atoms. The van der Waals surface area contributed by atoms with Crippen molar-refractivity contribution in [3.63, 3.8) is 0 Å². The van der Waals surface area contributed by atoms with E-state index in [1.165, 1.54) is 24.3 Å². The van der Waals surface area contributed by atoms with Crippen LogP contribution in [0.1, 0.15) is 22.3 Å². The van der Waals surface area contributed by atoms with Gasteiger partial charge < -0.3 is 9.47 Å². The summed E-state index contributed by atoms with van der Waals surface area (Å²) in [5.74, 6) is 0.902. The molecule has 0 bridgehead atoms. The van der Waals surface area contributed by atoms with Crippen LogP contribution in [-0.4, -0.2) is 22.4 Å². The number of para-hydroxylation sites is 2. The van der Waals surface area contributed by atoms with Crippen LogP contribution >= 0.6 is 0 Å². The van der Waals surface area contributed by atoms with Crippen molar-refractivity contribution in [2.24, 2.45) is 0 Å². The predicted molar refractivity (Wildman–Crippen MR) is 156 cm³/mol. The number of carbonyl (C=O) groups is 2. The molecule has 4 aromatic rings. The van der Waals surface area contributed by atoms with Crippen molar-refractivity contribution in [2.45, 2.75) is 13.2 Å². The fourth-order valence-electron chi connectivity index (χ4n) is 3.92. The number of hydrogen-bond acceptors (Lipinski definition) is 8. The van der Waals surface area contributed by atoms with Crippen LogP contribution in [0, 0.1) is 20.2 Å². The molecular formula is C32H24N2O8. The zero-order valence-electron chi connectivity index (χ0n) is 22.1. The second-order valence-corrected chi connectivity index (χ2v) is 8.94. The second kappa shape index (κ2) is 13.9. The zero-order valence-corrected chi connectivity index (χ0v) is 22.1. The van der Waals surface area contributed by atoms with E-state index in [2.05, 4.69) is 0 Å². The minimum Gasteiger partial charge on any atom is -0.488 e. The highest BCUT2D eigenvalue weighted by Crippen LogP contribution is 2.27. The fraction of sp³-hybridized carbons (Fsp3) is 0.0625. The molecule has 0 N–H and O–H groups in total. The van der Waals surface area contributed by atoms with Crippen molar-refractivity contribution in [3.8, 4) is 11.5 Å². The summed E-state index contributed by atoms with van der Waals surface area (Å²) in [6.07, 6.45) is 4.23. The molecule has 0 aromatic heterocycles. The van der Waals surface area contributed by atoms with Gasteiger partial charge in [0, 0.05) is 46.5 Å². The number of hydrogen-bond donors (Lipinski definition) is 0. The number of benzene rings is 4. The maximum absolute atomic E-state index is 12.1. The Morgan fingerprint density at radius 2 is 0.929 bits per heavy atom. The molecular weight excluding hydrogens is 540 g/mol. The van der Waals surface area contributed by atoms with E-state index in [1.54, 1.807) is 84.9 Å². The molecule has 0 saturated carbocycles. The molecule has 0 aliphatic rings. The summed E-state index contributed by atoms with van der Waals surface area (Å²) in [7, 11) is 0. The maximum atomic E-state index is 12.1. The number of non-ortho nitro benzene ring substituents is 2. The molecule has 0 aliphatic heterocycles. The zero-order chi connectivity index (χ0) is 29.9. The summed E-state index contributed by atoms with van der Waals surface area (Å²) in [6.45, 7) is 0.268. The molecule has 10 heteroatoms. The topological polar surface area (TPSA) is 139 Å². The van der Waals surface area contributed by atoms with Gasteiger partial charge in [0.2, 0.25) is 0 Å². The minimum atomic E-state index is -0.479. The van der Waals surface area contributed by atoms with E-state index < -0.39 is 9.85 Å². The van der Waals surface area contributed by atoms with Crippen molar-refractivity contribution >= 4 is 36.1 Å². The van der Waals surface area contributed by atoms with E-state index >= 15 is 0 Å². The van der Waals surface area contributed by atoms with Crippen molar-refractivity contribution in [1.29, 1.82) is 0 Å². The molecule has 0 radical (unpaired) electrons. The molecule has 0 amide bonds. The summed E-state index contributed by atoms with van der Waals surface area (Å²) in [4.78, 5) is 45.0. The Morgan fingerprint density at radius 3 is 1.26 bits per heavy atom. The minimum absolute atomic E-state index is 0.0239. The van der Waals surface area contributed by atoms with E-state index in [4.69, 9.17) is 9.47 Å². The van der Waals surface area contributed by atoms with Gasteiger partial charge in [-0.1, -0.05) is 36.4 Å². The predicted octanol–water partition coefficient (Wildman–Crippen LogP) is 6.53. The van der Waals surface area contributed by atoms with E-state index in [1.807, 2.05) is 0 Å². The summed E-state index contributed by atoms with van der Waals surface area (Å²) < 4.78 is 11.8. The summed E-state index contributed by atoms with van der Waals surface area (Å²) in [6, 6.07) is 25.9. The Balaban J connectivity index is 1.54. The van der Waals surface area contributed by atoms with Crippen molar-refractivity contribution in [2.75, 3.05) is 0 Å². The molecule has 0 saturated heterocycles. The van der Waals surface area contributed by atoms with Crippen LogP contribution in [0.2, 0.25) is 0 Å². The summed E-state index contributed by atoms with van der Waals surface area (Å²) in [5.41, 5.74) is 2.72. The summed E-state index contributed by atoms with van der Waals surface area (Å²) >= 11 is 0. The van der Waals surface area contributed by atoms with Gasteiger partial charge >= 0.3 is 0 Å². The number of nitro groups is 2. The Hall–Kier alpha value is -5.90. The molecule has 4 rings (SSSR count).